The first-order valence-electron chi connectivity index (χ1n) is 5.91. The van der Waals surface area contributed by atoms with Crippen LogP contribution in [0.15, 0.2) is 0 Å². The third-order valence-corrected chi connectivity index (χ3v) is 4.30. The molecule has 0 spiro atoms. The van der Waals surface area contributed by atoms with Gasteiger partial charge in [-0.3, -0.25) is 0 Å². The molecule has 0 bridgehead atoms. The van der Waals surface area contributed by atoms with Crippen LogP contribution in [0, 0.1) is 17.8 Å². The quantitative estimate of drug-likeness (QED) is 0.696. The summed E-state index contributed by atoms with van der Waals surface area (Å²) in [7, 11) is 0. The van der Waals surface area contributed by atoms with Crippen LogP contribution in [0.2, 0.25) is 0 Å². The fourth-order valence-corrected chi connectivity index (χ4v) is 2.88. The molecule has 2 unspecified atom stereocenters. The van der Waals surface area contributed by atoms with Crippen LogP contribution in [0.1, 0.15) is 52.4 Å². The van der Waals surface area contributed by atoms with Crippen molar-refractivity contribution >= 4 is 0 Å². The van der Waals surface area contributed by atoms with E-state index in [0.29, 0.717) is 5.92 Å². The molecule has 0 amide bonds. The molecule has 2 atom stereocenters. The summed E-state index contributed by atoms with van der Waals surface area (Å²) < 4.78 is 0. The predicted molar refractivity (Wildman–Crippen MR) is 56.4 cm³/mol. The molecule has 0 heterocycles. The molecule has 1 nitrogen and oxygen atoms in total. The zero-order valence-corrected chi connectivity index (χ0v) is 9.05. The molecule has 13 heavy (non-hydrogen) atoms. The standard InChI is InChI=1S/C12H23N/c1-9(2)12(13)7-3-4-11(8-12)10-5-6-10/h9-11H,3-8,13H2,1-2H3. The van der Waals surface area contributed by atoms with Gasteiger partial charge in [0.2, 0.25) is 0 Å². The van der Waals surface area contributed by atoms with Gasteiger partial charge in [0.15, 0.2) is 0 Å². The van der Waals surface area contributed by atoms with Crippen LogP contribution < -0.4 is 5.73 Å². The molecule has 2 aliphatic carbocycles. The van der Waals surface area contributed by atoms with Crippen molar-refractivity contribution in [2.75, 3.05) is 0 Å². The van der Waals surface area contributed by atoms with E-state index in [4.69, 9.17) is 5.73 Å². The first-order valence-corrected chi connectivity index (χ1v) is 5.91. The van der Waals surface area contributed by atoms with Crippen molar-refractivity contribution in [3.63, 3.8) is 0 Å². The normalized spacial score (nSPS) is 41.1. The van der Waals surface area contributed by atoms with Gasteiger partial charge in [0, 0.05) is 5.54 Å². The lowest BCUT2D eigenvalue weighted by atomic mass is 9.69. The third-order valence-electron chi connectivity index (χ3n) is 4.30. The summed E-state index contributed by atoms with van der Waals surface area (Å²) in [6.07, 6.45) is 8.35. The Balaban J connectivity index is 1.97. The highest BCUT2D eigenvalue weighted by Gasteiger charge is 2.41. The van der Waals surface area contributed by atoms with Gasteiger partial charge in [-0.05, 0) is 43.4 Å². The van der Waals surface area contributed by atoms with Crippen molar-refractivity contribution in [3.05, 3.63) is 0 Å². The maximum absolute atomic E-state index is 6.46. The lowest BCUT2D eigenvalue weighted by molar-refractivity contribution is 0.158. The minimum atomic E-state index is 0.172. The van der Waals surface area contributed by atoms with Crippen molar-refractivity contribution in [3.8, 4) is 0 Å². The van der Waals surface area contributed by atoms with Gasteiger partial charge in [-0.1, -0.05) is 26.7 Å². The zero-order valence-electron chi connectivity index (χ0n) is 9.05. The number of hydrogen-bond donors (Lipinski definition) is 1. The highest BCUT2D eigenvalue weighted by atomic mass is 14.8. The molecule has 2 fully saturated rings. The molecule has 0 aromatic carbocycles. The van der Waals surface area contributed by atoms with E-state index < -0.39 is 0 Å². The Hall–Kier alpha value is -0.0400. The second-order valence-corrected chi connectivity index (χ2v) is 5.58. The van der Waals surface area contributed by atoms with Gasteiger partial charge in [0.1, 0.15) is 0 Å². The Morgan fingerprint density at radius 3 is 2.38 bits per heavy atom. The Morgan fingerprint density at radius 1 is 1.15 bits per heavy atom. The average molecular weight is 181 g/mol. The van der Waals surface area contributed by atoms with Gasteiger partial charge in [-0.15, -0.1) is 0 Å². The van der Waals surface area contributed by atoms with E-state index in [1.807, 2.05) is 0 Å². The van der Waals surface area contributed by atoms with E-state index in [1.54, 1.807) is 0 Å². The molecule has 0 aromatic heterocycles. The van der Waals surface area contributed by atoms with E-state index in [2.05, 4.69) is 13.8 Å². The lowest BCUT2D eigenvalue weighted by Crippen LogP contribution is -2.49. The van der Waals surface area contributed by atoms with Gasteiger partial charge >= 0.3 is 0 Å². The lowest BCUT2D eigenvalue weighted by Gasteiger charge is -2.41. The van der Waals surface area contributed by atoms with Crippen LogP contribution in [0.4, 0.5) is 0 Å². The predicted octanol–water partition coefficient (Wildman–Crippen LogP) is 2.94. The van der Waals surface area contributed by atoms with Gasteiger partial charge < -0.3 is 5.73 Å². The van der Waals surface area contributed by atoms with Gasteiger partial charge in [-0.25, -0.2) is 0 Å². The Morgan fingerprint density at radius 2 is 1.85 bits per heavy atom. The largest absolute Gasteiger partial charge is 0.325 e. The third kappa shape index (κ3) is 1.90. The molecule has 2 N–H and O–H groups in total. The molecule has 0 aliphatic heterocycles. The second kappa shape index (κ2) is 3.27. The average Bonchev–Trinajstić information content (AvgIpc) is 2.86. The van der Waals surface area contributed by atoms with Crippen LogP contribution in [-0.2, 0) is 0 Å². The van der Waals surface area contributed by atoms with Crippen molar-refractivity contribution in [1.29, 1.82) is 0 Å². The van der Waals surface area contributed by atoms with Crippen molar-refractivity contribution < 1.29 is 0 Å². The number of nitrogens with two attached hydrogens (primary N) is 1. The highest BCUT2D eigenvalue weighted by molar-refractivity contribution is 4.96. The maximum Gasteiger partial charge on any atom is 0.0180 e. The fraction of sp³-hybridized carbons (Fsp3) is 1.00. The molecule has 2 rings (SSSR count). The molecule has 0 saturated heterocycles. The van der Waals surface area contributed by atoms with Gasteiger partial charge in [0.25, 0.3) is 0 Å². The maximum atomic E-state index is 6.46. The van der Waals surface area contributed by atoms with Crippen LogP contribution in [0.25, 0.3) is 0 Å². The van der Waals surface area contributed by atoms with Crippen molar-refractivity contribution in [1.82, 2.24) is 0 Å². The van der Waals surface area contributed by atoms with Crippen LogP contribution >= 0.6 is 0 Å². The first-order chi connectivity index (χ1) is 6.12. The molecule has 2 aliphatic rings. The molecule has 2 saturated carbocycles. The highest BCUT2D eigenvalue weighted by Crippen LogP contribution is 2.47. The first kappa shape index (κ1) is 9.51. The van der Waals surface area contributed by atoms with Crippen LogP contribution in [0.5, 0.6) is 0 Å². The monoisotopic (exact) mass is 181 g/mol. The van der Waals surface area contributed by atoms with E-state index in [-0.39, 0.29) is 5.54 Å². The molecule has 1 heteroatoms. The minimum Gasteiger partial charge on any atom is -0.325 e. The van der Waals surface area contributed by atoms with E-state index in [0.717, 1.165) is 11.8 Å². The van der Waals surface area contributed by atoms with E-state index >= 15 is 0 Å². The van der Waals surface area contributed by atoms with Crippen molar-refractivity contribution in [2.24, 2.45) is 23.5 Å². The minimum absolute atomic E-state index is 0.172. The summed E-state index contributed by atoms with van der Waals surface area (Å²) >= 11 is 0. The molecule has 0 radical (unpaired) electrons. The Labute approximate surface area is 82.1 Å². The summed E-state index contributed by atoms with van der Waals surface area (Å²) in [5.74, 6) is 2.69. The topological polar surface area (TPSA) is 26.0 Å². The summed E-state index contributed by atoms with van der Waals surface area (Å²) in [5.41, 5.74) is 6.63. The summed E-state index contributed by atoms with van der Waals surface area (Å²) in [4.78, 5) is 0. The summed E-state index contributed by atoms with van der Waals surface area (Å²) in [6.45, 7) is 4.57. The molecular formula is C12H23N. The fourth-order valence-electron chi connectivity index (χ4n) is 2.88. The SMILES string of the molecule is CC(C)C1(N)CCCC(C2CC2)C1. The zero-order chi connectivity index (χ0) is 9.47. The Kier molecular flexibility index (Phi) is 2.39. The van der Waals surface area contributed by atoms with Crippen molar-refractivity contribution in [2.45, 2.75) is 57.9 Å². The molecular weight excluding hydrogens is 158 g/mol. The van der Waals surface area contributed by atoms with Crippen LogP contribution in [-0.4, -0.2) is 5.54 Å². The van der Waals surface area contributed by atoms with E-state index in [1.165, 1.54) is 38.5 Å². The molecule has 76 valence electrons. The summed E-state index contributed by atoms with van der Waals surface area (Å²) in [6, 6.07) is 0. The smallest absolute Gasteiger partial charge is 0.0180 e. The molecule has 0 aromatic rings. The second-order valence-electron chi connectivity index (χ2n) is 5.58. The number of hydrogen-bond acceptors (Lipinski definition) is 1. The van der Waals surface area contributed by atoms with Crippen LogP contribution in [0.3, 0.4) is 0 Å². The van der Waals surface area contributed by atoms with Gasteiger partial charge in [0.05, 0.1) is 0 Å². The van der Waals surface area contributed by atoms with E-state index in [9.17, 15) is 0 Å². The van der Waals surface area contributed by atoms with Gasteiger partial charge in [-0.2, -0.15) is 0 Å². The Bertz CT molecular complexity index is 184. The number of rotatable bonds is 2. The summed E-state index contributed by atoms with van der Waals surface area (Å²) in [5, 5.41) is 0.